The van der Waals surface area contributed by atoms with Crippen LogP contribution in [-0.4, -0.2) is 44.6 Å². The topological polar surface area (TPSA) is 113 Å². The molecule has 2 saturated carbocycles. The lowest BCUT2D eigenvalue weighted by atomic mass is 9.85. The molecule has 2 aliphatic carbocycles. The maximum atomic E-state index is 12.5. The first-order valence-electron chi connectivity index (χ1n) is 10.0. The monoisotopic (exact) mass is 382 g/mol. The molecule has 0 spiro atoms. The highest BCUT2D eigenvalue weighted by molar-refractivity contribution is 5.93. The second-order valence-corrected chi connectivity index (χ2v) is 7.91. The highest BCUT2D eigenvalue weighted by Gasteiger charge is 2.28. The fraction of sp³-hybridized carbons (Fsp3) is 0.550. The van der Waals surface area contributed by atoms with E-state index in [1.54, 1.807) is 19.3 Å². The molecule has 2 atom stereocenters. The van der Waals surface area contributed by atoms with Crippen molar-refractivity contribution < 1.29 is 9.59 Å². The van der Waals surface area contributed by atoms with Gasteiger partial charge in [0.2, 0.25) is 0 Å². The average molecular weight is 382 g/mol. The Bertz CT molecular complexity index is 843. The van der Waals surface area contributed by atoms with E-state index in [4.69, 9.17) is 0 Å². The van der Waals surface area contributed by atoms with E-state index in [1.165, 1.54) is 12.8 Å². The van der Waals surface area contributed by atoms with Crippen molar-refractivity contribution in [1.82, 2.24) is 30.8 Å². The first kappa shape index (κ1) is 18.6. The van der Waals surface area contributed by atoms with Gasteiger partial charge in [-0.2, -0.15) is 5.10 Å². The van der Waals surface area contributed by atoms with Crippen LogP contribution in [0.5, 0.6) is 0 Å². The second kappa shape index (κ2) is 8.08. The predicted molar refractivity (Wildman–Crippen MR) is 103 cm³/mol. The van der Waals surface area contributed by atoms with Gasteiger partial charge in [-0.05, 0) is 51.0 Å². The number of carbonyl (C=O) groups is 2. The molecule has 0 unspecified atom stereocenters. The Morgan fingerprint density at radius 1 is 1.14 bits per heavy atom. The average Bonchev–Trinajstić information content (AvgIpc) is 3.43. The zero-order valence-corrected chi connectivity index (χ0v) is 16.1. The first-order valence-corrected chi connectivity index (χ1v) is 10.0. The number of nitrogens with one attached hydrogen (secondary N) is 3. The minimum absolute atomic E-state index is 0.116. The molecule has 0 aromatic carbocycles. The van der Waals surface area contributed by atoms with Crippen LogP contribution >= 0.6 is 0 Å². The SMILES string of the molecule is Cc1ncc(C(=O)NC[C@@H]2CCC[C@H](NC(=O)c3cc(C4CC4)[nH]n3)C2)cn1. The molecular formula is C20H26N6O2. The molecule has 8 nitrogen and oxygen atoms in total. The smallest absolute Gasteiger partial charge is 0.271 e. The standard InChI is InChI=1S/C20H26N6O2/c1-12-21-10-15(11-22-12)19(27)23-9-13-3-2-4-16(7-13)24-20(28)18-8-17(25-26-18)14-5-6-14/h8,10-11,13-14,16H,2-7,9H2,1H3,(H,23,27)(H,24,28)(H,25,26)/t13-,16+/m1/s1. The summed E-state index contributed by atoms with van der Waals surface area (Å²) in [5.74, 6) is 1.26. The van der Waals surface area contributed by atoms with Crippen LogP contribution in [0, 0.1) is 12.8 Å². The summed E-state index contributed by atoms with van der Waals surface area (Å²) in [5, 5.41) is 13.2. The normalized spacial score (nSPS) is 21.9. The molecule has 2 heterocycles. The van der Waals surface area contributed by atoms with Crippen molar-refractivity contribution in [3.8, 4) is 0 Å². The number of nitrogens with zero attached hydrogens (tertiary/aromatic N) is 3. The van der Waals surface area contributed by atoms with Gasteiger partial charge in [0.05, 0.1) is 5.56 Å². The Morgan fingerprint density at radius 3 is 2.68 bits per heavy atom. The van der Waals surface area contributed by atoms with Gasteiger partial charge in [-0.25, -0.2) is 9.97 Å². The van der Waals surface area contributed by atoms with Gasteiger partial charge in [-0.1, -0.05) is 6.42 Å². The van der Waals surface area contributed by atoms with Crippen molar-refractivity contribution in [3.05, 3.63) is 41.2 Å². The largest absolute Gasteiger partial charge is 0.352 e. The van der Waals surface area contributed by atoms with Crippen molar-refractivity contribution in [2.75, 3.05) is 6.54 Å². The molecule has 2 amide bonds. The van der Waals surface area contributed by atoms with Crippen LogP contribution in [0.3, 0.4) is 0 Å². The highest BCUT2D eigenvalue weighted by atomic mass is 16.2. The molecule has 4 rings (SSSR count). The molecule has 2 aromatic heterocycles. The summed E-state index contributed by atoms with van der Waals surface area (Å²) in [6.45, 7) is 2.38. The number of hydrogen-bond acceptors (Lipinski definition) is 5. The number of aromatic nitrogens is 4. The van der Waals surface area contributed by atoms with Gasteiger partial charge in [0, 0.05) is 36.6 Å². The van der Waals surface area contributed by atoms with Gasteiger partial charge in [0.15, 0.2) is 0 Å². The van der Waals surface area contributed by atoms with E-state index in [0.29, 0.717) is 35.5 Å². The number of aryl methyl sites for hydroxylation is 1. The van der Waals surface area contributed by atoms with Gasteiger partial charge in [0.25, 0.3) is 11.8 Å². The van der Waals surface area contributed by atoms with Crippen LogP contribution in [0.1, 0.15) is 76.8 Å². The minimum atomic E-state index is -0.157. The van der Waals surface area contributed by atoms with Gasteiger partial charge < -0.3 is 10.6 Å². The summed E-state index contributed by atoms with van der Waals surface area (Å²) in [6, 6.07) is 1.99. The maximum Gasteiger partial charge on any atom is 0.271 e. The van der Waals surface area contributed by atoms with Crippen molar-refractivity contribution in [2.45, 2.75) is 57.4 Å². The Kier molecular flexibility index (Phi) is 5.36. The zero-order valence-electron chi connectivity index (χ0n) is 16.1. The summed E-state index contributed by atoms with van der Waals surface area (Å²) >= 11 is 0. The Balaban J connectivity index is 1.25. The number of aromatic amines is 1. The predicted octanol–water partition coefficient (Wildman–Crippen LogP) is 2.10. The molecule has 3 N–H and O–H groups in total. The number of rotatable bonds is 6. The lowest BCUT2D eigenvalue weighted by Gasteiger charge is -2.29. The molecule has 8 heteroatoms. The molecule has 0 radical (unpaired) electrons. The Morgan fingerprint density at radius 2 is 1.93 bits per heavy atom. The van der Waals surface area contributed by atoms with Gasteiger partial charge >= 0.3 is 0 Å². The van der Waals surface area contributed by atoms with E-state index in [0.717, 1.165) is 31.4 Å². The fourth-order valence-corrected chi connectivity index (χ4v) is 3.77. The van der Waals surface area contributed by atoms with Crippen LogP contribution in [0.25, 0.3) is 0 Å². The zero-order chi connectivity index (χ0) is 19.5. The number of H-pyrrole nitrogens is 1. The minimum Gasteiger partial charge on any atom is -0.352 e. The van der Waals surface area contributed by atoms with Gasteiger partial charge in [-0.3, -0.25) is 14.7 Å². The maximum absolute atomic E-state index is 12.5. The van der Waals surface area contributed by atoms with Crippen LogP contribution in [0.2, 0.25) is 0 Å². The number of carbonyl (C=O) groups excluding carboxylic acids is 2. The van der Waals surface area contributed by atoms with E-state index >= 15 is 0 Å². The van der Waals surface area contributed by atoms with Crippen molar-refractivity contribution in [2.24, 2.45) is 5.92 Å². The summed E-state index contributed by atoms with van der Waals surface area (Å²) in [4.78, 5) is 32.8. The van der Waals surface area contributed by atoms with Crippen molar-refractivity contribution in [3.63, 3.8) is 0 Å². The van der Waals surface area contributed by atoms with E-state index < -0.39 is 0 Å². The summed E-state index contributed by atoms with van der Waals surface area (Å²) in [7, 11) is 0. The summed E-state index contributed by atoms with van der Waals surface area (Å²) < 4.78 is 0. The first-order chi connectivity index (χ1) is 13.6. The second-order valence-electron chi connectivity index (χ2n) is 7.91. The molecule has 28 heavy (non-hydrogen) atoms. The van der Waals surface area contributed by atoms with Crippen LogP contribution in [0.4, 0.5) is 0 Å². The van der Waals surface area contributed by atoms with Gasteiger partial charge in [-0.15, -0.1) is 0 Å². The molecule has 2 aliphatic rings. The highest BCUT2D eigenvalue weighted by Crippen LogP contribution is 2.39. The van der Waals surface area contributed by atoms with Crippen molar-refractivity contribution in [1.29, 1.82) is 0 Å². The molecule has 2 fully saturated rings. The third-order valence-corrected chi connectivity index (χ3v) is 5.56. The lowest BCUT2D eigenvalue weighted by Crippen LogP contribution is -2.41. The van der Waals surface area contributed by atoms with E-state index in [-0.39, 0.29) is 17.9 Å². The third kappa shape index (κ3) is 4.55. The van der Waals surface area contributed by atoms with Gasteiger partial charge in [0.1, 0.15) is 11.5 Å². The molecule has 2 aromatic rings. The summed E-state index contributed by atoms with van der Waals surface area (Å²) in [5.41, 5.74) is 2.00. The molecule has 0 saturated heterocycles. The molecule has 0 aliphatic heterocycles. The van der Waals surface area contributed by atoms with Crippen molar-refractivity contribution >= 4 is 11.8 Å². The van der Waals surface area contributed by atoms with E-state index in [1.807, 2.05) is 6.07 Å². The molecular weight excluding hydrogens is 356 g/mol. The number of amides is 2. The quantitative estimate of drug-likeness (QED) is 0.708. The summed E-state index contributed by atoms with van der Waals surface area (Å²) in [6.07, 6.45) is 9.33. The number of hydrogen-bond donors (Lipinski definition) is 3. The molecule has 148 valence electrons. The van der Waals surface area contributed by atoms with Crippen LogP contribution < -0.4 is 10.6 Å². The Hall–Kier alpha value is -2.77. The van der Waals surface area contributed by atoms with Crippen LogP contribution in [-0.2, 0) is 0 Å². The third-order valence-electron chi connectivity index (χ3n) is 5.56. The molecule has 0 bridgehead atoms. The lowest BCUT2D eigenvalue weighted by molar-refractivity contribution is 0.0897. The van der Waals surface area contributed by atoms with E-state index in [9.17, 15) is 9.59 Å². The Labute approximate surface area is 163 Å². The van der Waals surface area contributed by atoms with Crippen LogP contribution in [0.15, 0.2) is 18.5 Å². The van der Waals surface area contributed by atoms with E-state index in [2.05, 4.69) is 30.8 Å². The fourth-order valence-electron chi connectivity index (χ4n) is 3.77.